The van der Waals surface area contributed by atoms with Crippen LogP contribution < -0.4 is 0 Å². The molecule has 0 radical (unpaired) electrons. The smallest absolute Gasteiger partial charge is 0.290 e. The first-order valence-corrected chi connectivity index (χ1v) is 8.58. The Morgan fingerprint density at radius 2 is 2.04 bits per heavy atom. The highest BCUT2D eigenvalue weighted by Gasteiger charge is 2.47. The fourth-order valence-electron chi connectivity index (χ4n) is 4.23. The summed E-state index contributed by atoms with van der Waals surface area (Å²) in [5, 5.41) is 26.6. The second-order valence-corrected chi connectivity index (χ2v) is 6.82. The van der Waals surface area contributed by atoms with E-state index in [-0.39, 0.29) is 6.47 Å². The van der Waals surface area contributed by atoms with Gasteiger partial charge in [-0.25, -0.2) is 0 Å². The Bertz CT molecular complexity index is 581. The maximum Gasteiger partial charge on any atom is 0.290 e. The normalized spacial score (nSPS) is 29.0. The van der Waals surface area contributed by atoms with Gasteiger partial charge in [-0.05, 0) is 42.9 Å². The maximum absolute atomic E-state index is 10.8. The molecule has 0 aromatic heterocycles. The van der Waals surface area contributed by atoms with Crippen LogP contribution in [0.4, 0.5) is 0 Å². The number of aliphatic hydroxyl groups is 1. The predicted molar refractivity (Wildman–Crippen MR) is 91.2 cm³/mol. The van der Waals surface area contributed by atoms with Crippen LogP contribution in [-0.4, -0.2) is 40.3 Å². The third-order valence-corrected chi connectivity index (χ3v) is 5.49. The average Bonchev–Trinajstić information content (AvgIpc) is 3.00. The van der Waals surface area contributed by atoms with Gasteiger partial charge in [-0.15, -0.1) is 0 Å². The molecule has 2 fully saturated rings. The molecule has 0 bridgehead atoms. The standard InChI is InChI=1S/C18H24N2O.CH2O2/c1-2-18(21)9-3-4-16-12-20(13-17(16)18)11-15-7-5-14(10-19)6-8-15;2-1-3/h5-8,16-17,21H,2-4,9,11-13H2,1H3;1H,(H,2,3)/t16-,17+,18-;/m1./s1. The number of nitriles is 1. The van der Waals surface area contributed by atoms with Crippen LogP contribution in [0, 0.1) is 23.2 Å². The van der Waals surface area contributed by atoms with Crippen molar-refractivity contribution in [3.05, 3.63) is 35.4 Å². The molecule has 1 heterocycles. The number of carbonyl (C=O) groups is 1. The molecule has 0 spiro atoms. The number of fused-ring (bicyclic) bond motifs is 1. The quantitative estimate of drug-likeness (QED) is 0.832. The second-order valence-electron chi connectivity index (χ2n) is 6.82. The largest absolute Gasteiger partial charge is 0.483 e. The molecule has 2 N–H and O–H groups in total. The molecule has 1 saturated heterocycles. The van der Waals surface area contributed by atoms with Gasteiger partial charge >= 0.3 is 0 Å². The van der Waals surface area contributed by atoms with Gasteiger partial charge in [-0.2, -0.15) is 5.26 Å². The summed E-state index contributed by atoms with van der Waals surface area (Å²) < 4.78 is 0. The van der Waals surface area contributed by atoms with Crippen LogP contribution >= 0.6 is 0 Å². The summed E-state index contributed by atoms with van der Waals surface area (Å²) in [6.45, 7) is 4.91. The first kappa shape index (κ1) is 18.4. The predicted octanol–water partition coefficient (Wildman–Crippen LogP) is 2.63. The van der Waals surface area contributed by atoms with Crippen molar-refractivity contribution in [3.63, 3.8) is 0 Å². The van der Waals surface area contributed by atoms with E-state index >= 15 is 0 Å². The van der Waals surface area contributed by atoms with E-state index in [9.17, 15) is 5.11 Å². The minimum atomic E-state index is -0.442. The molecule has 3 atom stereocenters. The number of benzene rings is 1. The van der Waals surface area contributed by atoms with Gasteiger partial charge in [-0.1, -0.05) is 25.5 Å². The Morgan fingerprint density at radius 1 is 1.38 bits per heavy atom. The number of hydrogen-bond acceptors (Lipinski definition) is 4. The number of carboxylic acid groups (broad SMARTS) is 1. The number of likely N-dealkylation sites (tertiary alicyclic amines) is 1. The van der Waals surface area contributed by atoms with Crippen LogP contribution in [0.3, 0.4) is 0 Å². The average molecular weight is 330 g/mol. The lowest BCUT2D eigenvalue weighted by atomic mass is 9.69. The molecule has 5 heteroatoms. The minimum Gasteiger partial charge on any atom is -0.483 e. The SMILES string of the molecule is CC[C@@]1(O)CCC[C@@H]2CN(Cc3ccc(C#N)cc3)C[C@@H]21.O=CO. The zero-order chi connectivity index (χ0) is 17.6. The van der Waals surface area contributed by atoms with Gasteiger partial charge in [0, 0.05) is 25.6 Å². The second kappa shape index (κ2) is 8.27. The minimum absolute atomic E-state index is 0.250. The highest BCUT2D eigenvalue weighted by Crippen LogP contribution is 2.44. The van der Waals surface area contributed by atoms with Gasteiger partial charge in [0.2, 0.25) is 0 Å². The van der Waals surface area contributed by atoms with Gasteiger partial charge in [-0.3, -0.25) is 9.69 Å². The zero-order valence-corrected chi connectivity index (χ0v) is 14.2. The Labute approximate surface area is 143 Å². The van der Waals surface area contributed by atoms with Crippen molar-refractivity contribution in [2.75, 3.05) is 13.1 Å². The Morgan fingerprint density at radius 3 is 2.62 bits per heavy atom. The molecule has 1 aliphatic heterocycles. The van der Waals surface area contributed by atoms with Crippen LogP contribution in [0.25, 0.3) is 0 Å². The highest BCUT2D eigenvalue weighted by molar-refractivity contribution is 5.32. The topological polar surface area (TPSA) is 84.6 Å². The van der Waals surface area contributed by atoms with Crippen molar-refractivity contribution in [2.45, 2.75) is 44.8 Å². The lowest BCUT2D eigenvalue weighted by molar-refractivity contribution is -0.122. The van der Waals surface area contributed by atoms with E-state index in [1.807, 2.05) is 24.3 Å². The summed E-state index contributed by atoms with van der Waals surface area (Å²) in [6.07, 6.45) is 4.27. The van der Waals surface area contributed by atoms with E-state index < -0.39 is 5.60 Å². The number of hydrogen-bond donors (Lipinski definition) is 2. The fraction of sp³-hybridized carbons (Fsp3) is 0.579. The molecule has 1 aromatic carbocycles. The molecule has 24 heavy (non-hydrogen) atoms. The lowest BCUT2D eigenvalue weighted by Gasteiger charge is -2.40. The lowest BCUT2D eigenvalue weighted by Crippen LogP contribution is -2.44. The summed E-state index contributed by atoms with van der Waals surface area (Å²) in [5.74, 6) is 1.09. The highest BCUT2D eigenvalue weighted by atomic mass is 16.3. The van der Waals surface area contributed by atoms with Crippen molar-refractivity contribution in [1.29, 1.82) is 5.26 Å². The van der Waals surface area contributed by atoms with Crippen LogP contribution in [0.5, 0.6) is 0 Å². The number of rotatable bonds is 3. The van der Waals surface area contributed by atoms with Gasteiger partial charge in [0.15, 0.2) is 0 Å². The van der Waals surface area contributed by atoms with E-state index in [1.165, 1.54) is 12.0 Å². The summed E-state index contributed by atoms with van der Waals surface area (Å²) in [4.78, 5) is 10.8. The Balaban J connectivity index is 0.000000647. The summed E-state index contributed by atoms with van der Waals surface area (Å²) in [5.41, 5.74) is 1.53. The van der Waals surface area contributed by atoms with Gasteiger partial charge in [0.05, 0.1) is 17.2 Å². The van der Waals surface area contributed by atoms with Crippen LogP contribution in [0.15, 0.2) is 24.3 Å². The molecular formula is C19H26N2O3. The zero-order valence-electron chi connectivity index (χ0n) is 14.2. The molecule has 5 nitrogen and oxygen atoms in total. The van der Waals surface area contributed by atoms with Crippen LogP contribution in [0.2, 0.25) is 0 Å². The molecule has 1 aromatic rings. The Hall–Kier alpha value is -1.90. The van der Waals surface area contributed by atoms with Gasteiger partial charge in [0.25, 0.3) is 6.47 Å². The van der Waals surface area contributed by atoms with E-state index in [2.05, 4.69) is 17.9 Å². The summed E-state index contributed by atoms with van der Waals surface area (Å²) in [6, 6.07) is 10.0. The van der Waals surface area contributed by atoms with Crippen molar-refractivity contribution < 1.29 is 15.0 Å². The first-order chi connectivity index (χ1) is 11.6. The fourth-order valence-corrected chi connectivity index (χ4v) is 4.23. The van der Waals surface area contributed by atoms with Crippen LogP contribution in [0.1, 0.15) is 43.7 Å². The molecule has 2 aliphatic rings. The van der Waals surface area contributed by atoms with Crippen LogP contribution in [-0.2, 0) is 11.3 Å². The molecule has 0 amide bonds. The molecule has 130 valence electrons. The summed E-state index contributed by atoms with van der Waals surface area (Å²) in [7, 11) is 0. The number of nitrogens with zero attached hydrogens (tertiary/aromatic N) is 2. The molecule has 0 unspecified atom stereocenters. The third kappa shape index (κ3) is 4.14. The third-order valence-electron chi connectivity index (χ3n) is 5.49. The molecule has 1 aliphatic carbocycles. The van der Waals surface area contributed by atoms with E-state index in [4.69, 9.17) is 15.2 Å². The van der Waals surface area contributed by atoms with Crippen molar-refractivity contribution >= 4 is 6.47 Å². The molecular weight excluding hydrogens is 304 g/mol. The van der Waals surface area contributed by atoms with Crippen molar-refractivity contribution in [1.82, 2.24) is 4.90 Å². The monoisotopic (exact) mass is 330 g/mol. The van der Waals surface area contributed by atoms with E-state index in [0.29, 0.717) is 17.4 Å². The summed E-state index contributed by atoms with van der Waals surface area (Å²) >= 11 is 0. The van der Waals surface area contributed by atoms with E-state index in [1.54, 1.807) is 0 Å². The maximum atomic E-state index is 10.8. The molecule has 1 saturated carbocycles. The van der Waals surface area contributed by atoms with Gasteiger partial charge in [0.1, 0.15) is 0 Å². The van der Waals surface area contributed by atoms with Crippen molar-refractivity contribution in [2.24, 2.45) is 11.8 Å². The molecule has 3 rings (SSSR count). The first-order valence-electron chi connectivity index (χ1n) is 8.58. The van der Waals surface area contributed by atoms with Gasteiger partial charge < -0.3 is 10.2 Å². The van der Waals surface area contributed by atoms with Crippen molar-refractivity contribution in [3.8, 4) is 6.07 Å². The Kier molecular flexibility index (Phi) is 6.36. The van der Waals surface area contributed by atoms with E-state index in [0.717, 1.165) is 38.9 Å².